The highest BCUT2D eigenvalue weighted by atomic mass is 16.5. The highest BCUT2D eigenvalue weighted by molar-refractivity contribution is 5.80. The van der Waals surface area contributed by atoms with Gasteiger partial charge in [-0.2, -0.15) is 0 Å². The van der Waals surface area contributed by atoms with Gasteiger partial charge in [0.15, 0.2) is 0 Å². The van der Waals surface area contributed by atoms with Gasteiger partial charge in [-0.05, 0) is 62.5 Å². The summed E-state index contributed by atoms with van der Waals surface area (Å²) in [6.45, 7) is 9.81. The number of anilines is 4. The maximum absolute atomic E-state index is 12.3. The van der Waals surface area contributed by atoms with E-state index in [1.54, 1.807) is 6.20 Å². The summed E-state index contributed by atoms with van der Waals surface area (Å²) in [7, 11) is 2.16. The van der Waals surface area contributed by atoms with Crippen molar-refractivity contribution in [3.63, 3.8) is 0 Å². The molecule has 3 heterocycles. The number of nitrogens with zero attached hydrogens (tertiary/aromatic N) is 5. The van der Waals surface area contributed by atoms with Crippen LogP contribution in [0.4, 0.5) is 23.0 Å². The first kappa shape index (κ1) is 27.8. The lowest BCUT2D eigenvalue weighted by Gasteiger charge is -2.32. The molecular formula is C30H40N8O2. The molecule has 40 heavy (non-hydrogen) atoms. The predicted octanol–water partition coefficient (Wildman–Crippen LogP) is 2.89. The van der Waals surface area contributed by atoms with E-state index in [2.05, 4.69) is 54.8 Å². The fourth-order valence-corrected chi connectivity index (χ4v) is 4.89. The number of hydrogen-bond acceptors (Lipinski definition) is 9. The summed E-state index contributed by atoms with van der Waals surface area (Å²) < 4.78 is 5.44. The lowest BCUT2D eigenvalue weighted by Crippen LogP contribution is -2.45. The summed E-state index contributed by atoms with van der Waals surface area (Å²) in [5.41, 5.74) is 4.82. The van der Waals surface area contributed by atoms with E-state index in [0.29, 0.717) is 12.5 Å². The van der Waals surface area contributed by atoms with E-state index in [4.69, 9.17) is 9.72 Å². The van der Waals surface area contributed by atoms with Crippen LogP contribution >= 0.6 is 0 Å². The maximum atomic E-state index is 12.3. The molecule has 3 N–H and O–H groups in total. The van der Waals surface area contributed by atoms with Gasteiger partial charge in [-0.1, -0.05) is 12.1 Å². The van der Waals surface area contributed by atoms with E-state index < -0.39 is 0 Å². The minimum Gasteiger partial charge on any atom is -0.378 e. The molecule has 1 amide bonds. The van der Waals surface area contributed by atoms with E-state index in [-0.39, 0.29) is 12.5 Å². The third-order valence-electron chi connectivity index (χ3n) is 7.36. The summed E-state index contributed by atoms with van der Waals surface area (Å²) in [6, 6.07) is 18.1. The van der Waals surface area contributed by atoms with Gasteiger partial charge in [-0.25, -0.2) is 9.97 Å². The predicted molar refractivity (Wildman–Crippen MR) is 160 cm³/mol. The summed E-state index contributed by atoms with van der Waals surface area (Å²) in [6.07, 6.45) is 2.73. The molecule has 0 aliphatic carbocycles. The van der Waals surface area contributed by atoms with Crippen molar-refractivity contribution in [3.05, 3.63) is 60.8 Å². The second-order valence-electron chi connectivity index (χ2n) is 10.3. The van der Waals surface area contributed by atoms with Crippen LogP contribution in [0.15, 0.2) is 60.8 Å². The van der Waals surface area contributed by atoms with Crippen molar-refractivity contribution in [1.82, 2.24) is 25.1 Å². The molecular weight excluding hydrogens is 504 g/mol. The molecule has 2 aromatic carbocycles. The Morgan fingerprint density at radius 3 is 2.38 bits per heavy atom. The van der Waals surface area contributed by atoms with E-state index in [1.807, 2.05) is 42.5 Å². The molecule has 2 fully saturated rings. The van der Waals surface area contributed by atoms with Gasteiger partial charge in [-0.15, -0.1) is 0 Å². The Hall–Kier alpha value is -3.73. The van der Waals surface area contributed by atoms with Crippen molar-refractivity contribution >= 4 is 28.9 Å². The van der Waals surface area contributed by atoms with Crippen molar-refractivity contribution in [2.45, 2.75) is 6.42 Å². The number of nitrogens with one attached hydrogen (secondary N) is 3. The van der Waals surface area contributed by atoms with Crippen LogP contribution < -0.4 is 20.9 Å². The standard InChI is InChI=1S/C30H40N8O2/c1-36-15-17-37(18-16-36)14-2-12-31-29(39)23-33-25-5-3-24(4-6-25)28-11-13-32-30(35-28)34-26-7-9-27(10-8-26)38-19-21-40-22-20-38/h3-11,13,33H,2,12,14-23H2,1H3,(H,31,39)(H,32,34,35). The Bertz CT molecular complexity index is 1210. The summed E-state index contributed by atoms with van der Waals surface area (Å²) >= 11 is 0. The fraction of sp³-hybridized carbons (Fsp3) is 0.433. The summed E-state index contributed by atoms with van der Waals surface area (Å²) in [4.78, 5) is 28.5. The second kappa shape index (κ2) is 14.1. The molecule has 0 unspecified atom stereocenters. The smallest absolute Gasteiger partial charge is 0.239 e. The van der Waals surface area contributed by atoms with Gasteiger partial charge < -0.3 is 35.4 Å². The minimum absolute atomic E-state index is 0.00643. The topological polar surface area (TPSA) is 97.9 Å². The lowest BCUT2D eigenvalue weighted by atomic mass is 10.1. The van der Waals surface area contributed by atoms with Gasteiger partial charge in [0.1, 0.15) is 0 Å². The molecule has 0 saturated carbocycles. The van der Waals surface area contributed by atoms with Crippen LogP contribution in [0.2, 0.25) is 0 Å². The molecule has 1 aromatic heterocycles. The Morgan fingerprint density at radius 1 is 0.900 bits per heavy atom. The van der Waals surface area contributed by atoms with Crippen molar-refractivity contribution in [1.29, 1.82) is 0 Å². The minimum atomic E-state index is 0.00643. The molecule has 2 aliphatic heterocycles. The number of piperazine rings is 1. The van der Waals surface area contributed by atoms with Gasteiger partial charge in [0, 0.05) is 74.6 Å². The zero-order chi connectivity index (χ0) is 27.6. The van der Waals surface area contributed by atoms with Crippen molar-refractivity contribution in [2.75, 3.05) is 94.7 Å². The van der Waals surface area contributed by atoms with Crippen LogP contribution in [-0.4, -0.2) is 105 Å². The average Bonchev–Trinajstić information content (AvgIpc) is 3.00. The lowest BCUT2D eigenvalue weighted by molar-refractivity contribution is -0.119. The summed E-state index contributed by atoms with van der Waals surface area (Å²) in [5, 5.41) is 9.52. The molecule has 2 saturated heterocycles. The number of carbonyl (C=O) groups excluding carboxylic acids is 1. The number of likely N-dealkylation sites (N-methyl/N-ethyl adjacent to an activating group) is 1. The normalized spacial score (nSPS) is 16.5. The van der Waals surface area contributed by atoms with Crippen molar-refractivity contribution < 1.29 is 9.53 Å². The monoisotopic (exact) mass is 544 g/mol. The average molecular weight is 545 g/mol. The Morgan fingerprint density at radius 2 is 1.62 bits per heavy atom. The molecule has 3 aromatic rings. The number of rotatable bonds is 11. The van der Waals surface area contributed by atoms with Crippen molar-refractivity contribution in [3.8, 4) is 11.3 Å². The summed E-state index contributed by atoms with van der Waals surface area (Å²) in [5.74, 6) is 0.551. The number of carbonyl (C=O) groups is 1. The zero-order valence-electron chi connectivity index (χ0n) is 23.3. The molecule has 0 spiro atoms. The van der Waals surface area contributed by atoms with Gasteiger partial charge in [0.2, 0.25) is 11.9 Å². The molecule has 10 heteroatoms. The largest absolute Gasteiger partial charge is 0.378 e. The highest BCUT2D eigenvalue weighted by Gasteiger charge is 2.13. The second-order valence-corrected chi connectivity index (χ2v) is 10.3. The fourth-order valence-electron chi connectivity index (χ4n) is 4.89. The third kappa shape index (κ3) is 8.14. The van der Waals surface area contributed by atoms with E-state index in [1.165, 1.54) is 5.69 Å². The number of hydrogen-bond donors (Lipinski definition) is 3. The van der Waals surface area contributed by atoms with Crippen LogP contribution in [0, 0.1) is 0 Å². The maximum Gasteiger partial charge on any atom is 0.239 e. The SMILES string of the molecule is CN1CCN(CCCNC(=O)CNc2ccc(-c3ccnc(Nc4ccc(N5CCOCC5)cc4)n3)cc2)CC1. The number of benzene rings is 2. The Labute approximate surface area is 236 Å². The molecule has 5 rings (SSSR count). The van der Waals surface area contributed by atoms with Crippen LogP contribution in [0.1, 0.15) is 6.42 Å². The molecule has 212 valence electrons. The van der Waals surface area contributed by atoms with Gasteiger partial charge >= 0.3 is 0 Å². The molecule has 2 aliphatic rings. The number of amides is 1. The van der Waals surface area contributed by atoms with Gasteiger partial charge in [0.25, 0.3) is 0 Å². The number of ether oxygens (including phenoxy) is 1. The third-order valence-corrected chi connectivity index (χ3v) is 7.36. The Kier molecular flexibility index (Phi) is 9.78. The van der Waals surface area contributed by atoms with Crippen LogP contribution in [0.3, 0.4) is 0 Å². The highest BCUT2D eigenvalue weighted by Crippen LogP contribution is 2.23. The molecule has 0 atom stereocenters. The van der Waals surface area contributed by atoms with E-state index >= 15 is 0 Å². The first-order valence-electron chi connectivity index (χ1n) is 14.2. The van der Waals surface area contributed by atoms with E-state index in [0.717, 1.165) is 88.1 Å². The van der Waals surface area contributed by atoms with Crippen LogP contribution in [-0.2, 0) is 9.53 Å². The number of aromatic nitrogens is 2. The molecule has 0 radical (unpaired) electrons. The van der Waals surface area contributed by atoms with E-state index in [9.17, 15) is 4.79 Å². The van der Waals surface area contributed by atoms with Gasteiger partial charge in [-0.3, -0.25) is 4.79 Å². The number of morpholine rings is 1. The Balaban J connectivity index is 1.06. The van der Waals surface area contributed by atoms with Crippen molar-refractivity contribution in [2.24, 2.45) is 0 Å². The van der Waals surface area contributed by atoms with Crippen LogP contribution in [0.25, 0.3) is 11.3 Å². The molecule has 10 nitrogen and oxygen atoms in total. The first-order valence-corrected chi connectivity index (χ1v) is 14.2. The van der Waals surface area contributed by atoms with Gasteiger partial charge in [0.05, 0.1) is 25.5 Å². The zero-order valence-corrected chi connectivity index (χ0v) is 23.3. The molecule has 0 bridgehead atoms. The first-order chi connectivity index (χ1) is 19.6. The quantitative estimate of drug-likeness (QED) is 0.315. The van der Waals surface area contributed by atoms with Crippen LogP contribution in [0.5, 0.6) is 0 Å².